The van der Waals surface area contributed by atoms with Gasteiger partial charge in [0.2, 0.25) is 0 Å². The number of nitrogens with zero attached hydrogens (tertiary/aromatic N) is 1. The number of hydrogen-bond donors (Lipinski definition) is 2. The van der Waals surface area contributed by atoms with Gasteiger partial charge in [0.1, 0.15) is 5.82 Å². The summed E-state index contributed by atoms with van der Waals surface area (Å²) in [6, 6.07) is 8.72. The first kappa shape index (κ1) is 15.3. The lowest BCUT2D eigenvalue weighted by molar-refractivity contribution is 0.102. The lowest BCUT2D eigenvalue weighted by Crippen LogP contribution is -2.14. The molecule has 3 N–H and O–H groups in total. The summed E-state index contributed by atoms with van der Waals surface area (Å²) >= 11 is 6.05. The predicted octanol–water partition coefficient (Wildman–Crippen LogP) is 4.00. The van der Waals surface area contributed by atoms with Crippen molar-refractivity contribution in [3.63, 3.8) is 0 Å². The van der Waals surface area contributed by atoms with Crippen molar-refractivity contribution in [1.29, 1.82) is 0 Å². The Kier molecular flexibility index (Phi) is 4.48. The largest absolute Gasteiger partial charge is 0.384 e. The highest BCUT2D eigenvalue weighted by Gasteiger charge is 2.11. The number of nitrogen functional groups attached to an aromatic ring is 1. The van der Waals surface area contributed by atoms with Gasteiger partial charge in [0.05, 0.1) is 0 Å². The maximum Gasteiger partial charge on any atom is 0.255 e. The summed E-state index contributed by atoms with van der Waals surface area (Å²) in [5.74, 6) is 0.313. The van der Waals surface area contributed by atoms with Crippen LogP contribution in [0.1, 0.15) is 41.4 Å². The van der Waals surface area contributed by atoms with Gasteiger partial charge in [-0.1, -0.05) is 31.5 Å². The second kappa shape index (κ2) is 6.14. The molecule has 1 amide bonds. The van der Waals surface area contributed by atoms with Gasteiger partial charge < -0.3 is 11.1 Å². The zero-order chi connectivity index (χ0) is 15.6. The van der Waals surface area contributed by atoms with Crippen LogP contribution >= 0.6 is 11.6 Å². The molecule has 0 fully saturated rings. The Morgan fingerprint density at radius 2 is 2.00 bits per heavy atom. The summed E-state index contributed by atoms with van der Waals surface area (Å²) in [5.41, 5.74) is 8.66. The third kappa shape index (κ3) is 3.73. The minimum atomic E-state index is -0.231. The number of carbonyl (C=O) groups excluding carboxylic acids is 1. The van der Waals surface area contributed by atoms with Gasteiger partial charge in [0.15, 0.2) is 0 Å². The SMILES string of the molecule is Cc1ccc(NC(=O)c2cc(N)nc(C(C)C)c2)cc1Cl. The van der Waals surface area contributed by atoms with Crippen LogP contribution in [0.2, 0.25) is 5.02 Å². The number of halogens is 1. The molecular formula is C16H18ClN3O. The van der Waals surface area contributed by atoms with Gasteiger partial charge in [-0.3, -0.25) is 4.79 Å². The summed E-state index contributed by atoms with van der Waals surface area (Å²) in [4.78, 5) is 16.5. The van der Waals surface area contributed by atoms with Crippen LogP contribution in [0.3, 0.4) is 0 Å². The van der Waals surface area contributed by atoms with E-state index >= 15 is 0 Å². The van der Waals surface area contributed by atoms with E-state index in [4.69, 9.17) is 17.3 Å². The number of pyridine rings is 1. The molecule has 0 spiro atoms. The van der Waals surface area contributed by atoms with Crippen molar-refractivity contribution in [3.8, 4) is 0 Å². The molecule has 1 aromatic carbocycles. The van der Waals surface area contributed by atoms with E-state index in [1.54, 1.807) is 18.2 Å². The lowest BCUT2D eigenvalue weighted by Gasteiger charge is -2.10. The Bertz CT molecular complexity index is 683. The molecule has 0 bridgehead atoms. The van der Waals surface area contributed by atoms with Crippen LogP contribution in [0.25, 0.3) is 0 Å². The van der Waals surface area contributed by atoms with E-state index in [1.165, 1.54) is 0 Å². The highest BCUT2D eigenvalue weighted by Crippen LogP contribution is 2.21. The molecule has 21 heavy (non-hydrogen) atoms. The van der Waals surface area contributed by atoms with Crippen molar-refractivity contribution < 1.29 is 4.79 Å². The molecule has 2 aromatic rings. The van der Waals surface area contributed by atoms with Crippen molar-refractivity contribution in [1.82, 2.24) is 4.98 Å². The molecule has 0 aliphatic heterocycles. The molecular weight excluding hydrogens is 286 g/mol. The molecule has 110 valence electrons. The van der Waals surface area contributed by atoms with Gasteiger partial charge in [-0.25, -0.2) is 4.98 Å². The molecule has 0 aliphatic rings. The molecule has 0 atom stereocenters. The fourth-order valence-corrected chi connectivity index (χ4v) is 2.06. The number of benzene rings is 1. The number of rotatable bonds is 3. The van der Waals surface area contributed by atoms with Crippen molar-refractivity contribution in [2.75, 3.05) is 11.1 Å². The van der Waals surface area contributed by atoms with E-state index in [9.17, 15) is 4.79 Å². The molecule has 4 nitrogen and oxygen atoms in total. The number of carbonyl (C=O) groups is 1. The van der Waals surface area contributed by atoms with Crippen LogP contribution in [0, 0.1) is 6.92 Å². The van der Waals surface area contributed by atoms with E-state index in [0.29, 0.717) is 22.1 Å². The van der Waals surface area contributed by atoms with Crippen molar-refractivity contribution in [3.05, 3.63) is 52.2 Å². The van der Waals surface area contributed by atoms with E-state index < -0.39 is 0 Å². The van der Waals surface area contributed by atoms with Gasteiger partial charge in [0.25, 0.3) is 5.91 Å². The highest BCUT2D eigenvalue weighted by molar-refractivity contribution is 6.31. The minimum absolute atomic E-state index is 0.203. The number of aromatic nitrogens is 1. The average molecular weight is 304 g/mol. The van der Waals surface area contributed by atoms with Crippen molar-refractivity contribution >= 4 is 29.0 Å². The maximum absolute atomic E-state index is 12.3. The summed E-state index contributed by atoms with van der Waals surface area (Å²) in [6.07, 6.45) is 0. The summed E-state index contributed by atoms with van der Waals surface area (Å²) in [6.45, 7) is 5.92. The fraction of sp³-hybridized carbons (Fsp3) is 0.250. The normalized spacial score (nSPS) is 10.7. The number of nitrogens with one attached hydrogen (secondary N) is 1. The molecule has 0 saturated heterocycles. The smallest absolute Gasteiger partial charge is 0.255 e. The third-order valence-corrected chi connectivity index (χ3v) is 3.56. The molecule has 5 heteroatoms. The zero-order valence-electron chi connectivity index (χ0n) is 12.3. The second-order valence-electron chi connectivity index (χ2n) is 5.28. The summed E-state index contributed by atoms with van der Waals surface area (Å²) < 4.78 is 0. The number of amides is 1. The number of nitrogens with two attached hydrogens (primary N) is 1. The Morgan fingerprint density at radius 1 is 1.29 bits per heavy atom. The molecule has 0 unspecified atom stereocenters. The topological polar surface area (TPSA) is 68.0 Å². The first-order valence-electron chi connectivity index (χ1n) is 6.72. The molecule has 0 radical (unpaired) electrons. The first-order valence-corrected chi connectivity index (χ1v) is 7.09. The van der Waals surface area contributed by atoms with Gasteiger partial charge in [0, 0.05) is 22.0 Å². The molecule has 2 rings (SSSR count). The van der Waals surface area contributed by atoms with Crippen LogP contribution < -0.4 is 11.1 Å². The van der Waals surface area contributed by atoms with Gasteiger partial charge in [-0.05, 0) is 42.7 Å². The molecule has 0 saturated carbocycles. The second-order valence-corrected chi connectivity index (χ2v) is 5.69. The number of anilines is 2. The predicted molar refractivity (Wildman–Crippen MR) is 86.9 cm³/mol. The minimum Gasteiger partial charge on any atom is -0.384 e. The number of aryl methyl sites for hydroxylation is 1. The van der Waals surface area contributed by atoms with E-state index in [-0.39, 0.29) is 11.8 Å². The Balaban J connectivity index is 2.25. The van der Waals surface area contributed by atoms with Crippen LogP contribution in [-0.4, -0.2) is 10.9 Å². The van der Waals surface area contributed by atoms with Crippen LogP contribution in [0.5, 0.6) is 0 Å². The summed E-state index contributed by atoms with van der Waals surface area (Å²) in [5, 5.41) is 3.43. The lowest BCUT2D eigenvalue weighted by atomic mass is 10.1. The van der Waals surface area contributed by atoms with E-state index in [2.05, 4.69) is 10.3 Å². The Labute approximate surface area is 129 Å². The van der Waals surface area contributed by atoms with Crippen molar-refractivity contribution in [2.24, 2.45) is 0 Å². The highest BCUT2D eigenvalue weighted by atomic mass is 35.5. The molecule has 1 aromatic heterocycles. The van der Waals surface area contributed by atoms with Gasteiger partial charge in [-0.15, -0.1) is 0 Å². The zero-order valence-corrected chi connectivity index (χ0v) is 13.0. The van der Waals surface area contributed by atoms with E-state index in [1.807, 2.05) is 32.9 Å². The standard InChI is InChI=1S/C16H18ClN3O/c1-9(2)14-6-11(7-15(18)20-14)16(21)19-12-5-4-10(3)13(17)8-12/h4-9H,1-3H3,(H2,18,20)(H,19,21). The van der Waals surface area contributed by atoms with Crippen LogP contribution in [-0.2, 0) is 0 Å². The van der Waals surface area contributed by atoms with Gasteiger partial charge in [-0.2, -0.15) is 0 Å². The average Bonchev–Trinajstić information content (AvgIpc) is 2.42. The fourth-order valence-electron chi connectivity index (χ4n) is 1.87. The van der Waals surface area contributed by atoms with E-state index in [0.717, 1.165) is 11.3 Å². The number of hydrogen-bond acceptors (Lipinski definition) is 3. The Hall–Kier alpha value is -2.07. The van der Waals surface area contributed by atoms with Crippen LogP contribution in [0.4, 0.5) is 11.5 Å². The van der Waals surface area contributed by atoms with Gasteiger partial charge >= 0.3 is 0 Å². The molecule has 0 aliphatic carbocycles. The first-order chi connectivity index (χ1) is 9.86. The van der Waals surface area contributed by atoms with Crippen LogP contribution in [0.15, 0.2) is 30.3 Å². The molecule has 1 heterocycles. The Morgan fingerprint density at radius 3 is 2.62 bits per heavy atom. The third-order valence-electron chi connectivity index (χ3n) is 3.15. The maximum atomic E-state index is 12.3. The van der Waals surface area contributed by atoms with Crippen molar-refractivity contribution in [2.45, 2.75) is 26.7 Å². The summed E-state index contributed by atoms with van der Waals surface area (Å²) in [7, 11) is 0. The monoisotopic (exact) mass is 303 g/mol. The quantitative estimate of drug-likeness (QED) is 0.900.